The summed E-state index contributed by atoms with van der Waals surface area (Å²) in [6.45, 7) is 6.18. The van der Waals surface area contributed by atoms with Crippen molar-refractivity contribution in [2.75, 3.05) is 5.32 Å². The van der Waals surface area contributed by atoms with Crippen molar-refractivity contribution in [1.82, 2.24) is 29.9 Å². The van der Waals surface area contributed by atoms with E-state index < -0.39 is 0 Å². The smallest absolute Gasteiger partial charge is 0.154 e. The van der Waals surface area contributed by atoms with Crippen LogP contribution in [-0.2, 0) is 7.05 Å². The van der Waals surface area contributed by atoms with Crippen molar-refractivity contribution in [2.45, 2.75) is 26.7 Å². The summed E-state index contributed by atoms with van der Waals surface area (Å²) in [5.74, 6) is 1.70. The molecule has 0 bridgehead atoms. The van der Waals surface area contributed by atoms with Crippen LogP contribution in [0, 0.1) is 6.92 Å². The van der Waals surface area contributed by atoms with E-state index in [0.717, 1.165) is 33.4 Å². The van der Waals surface area contributed by atoms with Crippen molar-refractivity contribution in [3.05, 3.63) is 53.1 Å². The Morgan fingerprint density at radius 3 is 2.57 bits per heavy atom. The van der Waals surface area contributed by atoms with E-state index >= 15 is 0 Å². The topological polar surface area (TPSA) is 81.4 Å². The van der Waals surface area contributed by atoms with Gasteiger partial charge in [0.05, 0.1) is 22.9 Å². The molecule has 1 N–H and O–H groups in total. The zero-order chi connectivity index (χ0) is 19.8. The van der Waals surface area contributed by atoms with Crippen molar-refractivity contribution in [3.63, 3.8) is 0 Å². The van der Waals surface area contributed by atoms with E-state index in [0.29, 0.717) is 22.7 Å². The number of pyridine rings is 2. The third-order valence-corrected chi connectivity index (χ3v) is 4.81. The molecule has 0 radical (unpaired) electrons. The summed E-state index contributed by atoms with van der Waals surface area (Å²) in [5.41, 5.74) is 5.22. The Bertz CT molecular complexity index is 1170. The van der Waals surface area contributed by atoms with Gasteiger partial charge in [-0.15, -0.1) is 5.10 Å². The molecular formula is C20H20ClN7. The lowest BCUT2D eigenvalue weighted by Crippen LogP contribution is -2.00. The number of hydrogen-bond donors (Lipinski definition) is 1. The van der Waals surface area contributed by atoms with Gasteiger partial charge in [0.1, 0.15) is 11.0 Å². The average Bonchev–Trinajstić information content (AvgIpc) is 2.99. The summed E-state index contributed by atoms with van der Waals surface area (Å²) in [4.78, 5) is 9.18. The van der Waals surface area contributed by atoms with Crippen LogP contribution in [0.4, 0.5) is 11.6 Å². The molecule has 0 spiro atoms. The Labute approximate surface area is 167 Å². The third kappa shape index (κ3) is 3.53. The van der Waals surface area contributed by atoms with E-state index in [-0.39, 0.29) is 0 Å². The molecule has 4 aromatic heterocycles. The number of halogens is 1. The first kappa shape index (κ1) is 18.3. The van der Waals surface area contributed by atoms with Gasteiger partial charge in [-0.05, 0) is 42.7 Å². The summed E-state index contributed by atoms with van der Waals surface area (Å²) in [5, 5.41) is 16.2. The quantitative estimate of drug-likeness (QED) is 0.508. The molecule has 0 aromatic carbocycles. The Hall–Kier alpha value is -3.06. The number of fused-ring (bicyclic) bond motifs is 1. The standard InChI is InChI=1S/C20H20ClN7/c1-11(2)13-7-19(26-22-9-13)25-18-6-5-16-17(23-18)8-14(20(21)24-16)15-10-28(4)27-12(15)3/h5-11H,1-4H3,(H,23,25,26). The summed E-state index contributed by atoms with van der Waals surface area (Å²) in [6, 6.07) is 7.66. The minimum atomic E-state index is 0.372. The van der Waals surface area contributed by atoms with Crippen LogP contribution in [0.2, 0.25) is 5.15 Å². The number of aromatic nitrogens is 6. The molecule has 0 aliphatic rings. The fourth-order valence-corrected chi connectivity index (χ4v) is 3.29. The Balaban J connectivity index is 1.73. The second kappa shape index (κ2) is 7.16. The fraction of sp³-hybridized carbons (Fsp3) is 0.250. The van der Waals surface area contributed by atoms with Gasteiger partial charge in [0.15, 0.2) is 5.82 Å². The molecule has 28 heavy (non-hydrogen) atoms. The van der Waals surface area contributed by atoms with Crippen LogP contribution in [0.1, 0.15) is 31.0 Å². The highest BCUT2D eigenvalue weighted by Crippen LogP contribution is 2.31. The van der Waals surface area contributed by atoms with Gasteiger partial charge in [-0.1, -0.05) is 25.4 Å². The van der Waals surface area contributed by atoms with Crippen molar-refractivity contribution in [2.24, 2.45) is 7.05 Å². The number of nitrogens with one attached hydrogen (secondary N) is 1. The predicted molar refractivity (Wildman–Crippen MR) is 111 cm³/mol. The Morgan fingerprint density at radius 2 is 1.86 bits per heavy atom. The molecule has 4 aromatic rings. The van der Waals surface area contributed by atoms with Gasteiger partial charge < -0.3 is 5.32 Å². The highest BCUT2D eigenvalue weighted by atomic mass is 35.5. The zero-order valence-corrected chi connectivity index (χ0v) is 16.9. The summed E-state index contributed by atoms with van der Waals surface area (Å²) >= 11 is 6.43. The molecule has 7 nitrogen and oxygen atoms in total. The molecule has 4 rings (SSSR count). The predicted octanol–water partition coefficient (Wildman–Crippen LogP) is 4.65. The van der Waals surface area contributed by atoms with E-state index in [4.69, 9.17) is 11.6 Å². The van der Waals surface area contributed by atoms with E-state index in [9.17, 15) is 0 Å². The minimum Gasteiger partial charge on any atom is -0.323 e. The molecule has 0 saturated carbocycles. The molecule has 0 saturated heterocycles. The molecule has 0 unspecified atom stereocenters. The first-order chi connectivity index (χ1) is 13.4. The van der Waals surface area contributed by atoms with Gasteiger partial charge in [-0.3, -0.25) is 4.68 Å². The van der Waals surface area contributed by atoms with Crippen LogP contribution in [0.15, 0.2) is 36.7 Å². The van der Waals surface area contributed by atoms with Gasteiger partial charge in [-0.25, -0.2) is 9.97 Å². The molecule has 142 valence electrons. The monoisotopic (exact) mass is 393 g/mol. The van der Waals surface area contributed by atoms with Crippen LogP contribution in [-0.4, -0.2) is 29.9 Å². The molecule has 0 aliphatic heterocycles. The fourth-order valence-electron chi connectivity index (χ4n) is 3.04. The summed E-state index contributed by atoms with van der Waals surface area (Å²) < 4.78 is 1.76. The lowest BCUT2D eigenvalue weighted by Gasteiger charge is -2.09. The minimum absolute atomic E-state index is 0.372. The maximum absolute atomic E-state index is 6.43. The number of aryl methyl sites for hydroxylation is 2. The second-order valence-corrected chi connectivity index (χ2v) is 7.38. The highest BCUT2D eigenvalue weighted by molar-refractivity contribution is 6.32. The van der Waals surface area contributed by atoms with Crippen molar-refractivity contribution < 1.29 is 0 Å². The van der Waals surface area contributed by atoms with E-state index in [1.807, 2.05) is 44.4 Å². The van der Waals surface area contributed by atoms with Gasteiger partial charge >= 0.3 is 0 Å². The maximum atomic E-state index is 6.43. The van der Waals surface area contributed by atoms with Crippen molar-refractivity contribution >= 4 is 34.3 Å². The van der Waals surface area contributed by atoms with Crippen molar-refractivity contribution in [1.29, 1.82) is 0 Å². The number of nitrogens with zero attached hydrogens (tertiary/aromatic N) is 6. The molecule has 0 aliphatic carbocycles. The van der Waals surface area contributed by atoms with Gasteiger partial charge in [-0.2, -0.15) is 10.2 Å². The maximum Gasteiger partial charge on any atom is 0.154 e. The van der Waals surface area contributed by atoms with Crippen LogP contribution in [0.5, 0.6) is 0 Å². The lowest BCUT2D eigenvalue weighted by molar-refractivity contribution is 0.756. The van der Waals surface area contributed by atoms with Crippen LogP contribution < -0.4 is 5.32 Å². The highest BCUT2D eigenvalue weighted by Gasteiger charge is 2.13. The number of rotatable bonds is 4. The second-order valence-electron chi connectivity index (χ2n) is 7.02. The summed E-state index contributed by atoms with van der Waals surface area (Å²) in [6.07, 6.45) is 3.71. The number of hydrogen-bond acceptors (Lipinski definition) is 6. The normalized spacial score (nSPS) is 11.4. The first-order valence-corrected chi connectivity index (χ1v) is 9.36. The first-order valence-electron chi connectivity index (χ1n) is 8.98. The zero-order valence-electron chi connectivity index (χ0n) is 16.1. The van der Waals surface area contributed by atoms with Crippen molar-refractivity contribution in [3.8, 4) is 11.1 Å². The van der Waals surface area contributed by atoms with Gasteiger partial charge in [0.25, 0.3) is 0 Å². The summed E-state index contributed by atoms with van der Waals surface area (Å²) in [7, 11) is 1.88. The molecule has 0 amide bonds. The molecule has 0 atom stereocenters. The van der Waals surface area contributed by atoms with Crippen LogP contribution in [0.25, 0.3) is 22.2 Å². The largest absolute Gasteiger partial charge is 0.323 e. The van der Waals surface area contributed by atoms with Crippen LogP contribution >= 0.6 is 11.6 Å². The number of anilines is 2. The Kier molecular flexibility index (Phi) is 4.68. The van der Waals surface area contributed by atoms with E-state index in [1.54, 1.807) is 10.9 Å². The lowest BCUT2D eigenvalue weighted by atomic mass is 10.1. The SMILES string of the molecule is Cc1nn(C)cc1-c1cc2nc(Nc3cc(C(C)C)cnn3)ccc2nc1Cl. The average molecular weight is 394 g/mol. The Morgan fingerprint density at radius 1 is 1.04 bits per heavy atom. The van der Waals surface area contributed by atoms with Gasteiger partial charge in [0.2, 0.25) is 0 Å². The molecule has 8 heteroatoms. The van der Waals surface area contributed by atoms with Crippen LogP contribution in [0.3, 0.4) is 0 Å². The van der Waals surface area contributed by atoms with E-state index in [2.05, 4.69) is 44.4 Å². The third-order valence-electron chi connectivity index (χ3n) is 4.53. The van der Waals surface area contributed by atoms with E-state index in [1.165, 1.54) is 0 Å². The molecule has 4 heterocycles. The molecular weight excluding hydrogens is 374 g/mol. The molecule has 0 fully saturated rings. The van der Waals surface area contributed by atoms with Gasteiger partial charge in [0, 0.05) is 24.4 Å².